The Kier molecular flexibility index (Phi) is 10.2. The van der Waals surface area contributed by atoms with E-state index >= 15 is 0 Å². The molecular formula is C31H36N4O7S2. The number of thiophene rings is 1. The third-order valence-corrected chi connectivity index (χ3v) is 10.5. The van der Waals surface area contributed by atoms with Crippen molar-refractivity contribution in [3.63, 3.8) is 0 Å². The third kappa shape index (κ3) is 7.50. The van der Waals surface area contributed by atoms with Crippen molar-refractivity contribution in [3.05, 3.63) is 64.5 Å². The molecule has 11 nitrogen and oxygen atoms in total. The van der Waals surface area contributed by atoms with E-state index < -0.39 is 34.1 Å². The molecule has 2 heterocycles. The molecule has 1 unspecified atom stereocenters. The highest BCUT2D eigenvalue weighted by Gasteiger charge is 2.41. The van der Waals surface area contributed by atoms with Gasteiger partial charge in [-0.2, -0.15) is 9.57 Å². The number of anilines is 2. The van der Waals surface area contributed by atoms with Gasteiger partial charge in [0, 0.05) is 29.5 Å². The van der Waals surface area contributed by atoms with Gasteiger partial charge < -0.3 is 25.3 Å². The van der Waals surface area contributed by atoms with Crippen LogP contribution in [0.25, 0.3) is 10.4 Å². The Labute approximate surface area is 261 Å². The van der Waals surface area contributed by atoms with Gasteiger partial charge in [-0.05, 0) is 69.0 Å². The van der Waals surface area contributed by atoms with Crippen LogP contribution in [0.1, 0.15) is 54.4 Å². The van der Waals surface area contributed by atoms with Gasteiger partial charge in [-0.1, -0.05) is 24.3 Å². The number of nitrogens with zero attached hydrogens (tertiary/aromatic N) is 2. The summed E-state index contributed by atoms with van der Waals surface area (Å²) in [6.45, 7) is 5.56. The van der Waals surface area contributed by atoms with Crippen LogP contribution in [0.3, 0.4) is 0 Å². The molecule has 1 saturated heterocycles. The standard InChI is InChI=1S/C31H36N4O7S2/c1-5-41-26(36)18-42-27-25(17-32)28(43-29(27)30(37)40-4)21-9-7-11-23(15-21)34-24-12-13-35(31(2,3)16-24)44(38,39)19-20-8-6-10-22(33)14-20/h6-11,14-15,24,34H,5,12-13,16,18-19,33H2,1-4H3. The lowest BCUT2D eigenvalue weighted by Crippen LogP contribution is -2.55. The number of benzene rings is 2. The van der Waals surface area contributed by atoms with Gasteiger partial charge >= 0.3 is 11.9 Å². The van der Waals surface area contributed by atoms with E-state index in [0.717, 1.165) is 17.0 Å². The van der Waals surface area contributed by atoms with E-state index in [1.165, 1.54) is 7.11 Å². The van der Waals surface area contributed by atoms with Gasteiger partial charge in [-0.15, -0.1) is 11.3 Å². The molecule has 0 aliphatic carbocycles. The number of carbonyl (C=O) groups excluding carboxylic acids is 2. The minimum absolute atomic E-state index is 0.0213. The Hall–Kier alpha value is -4.12. The van der Waals surface area contributed by atoms with Crippen LogP contribution in [0.5, 0.6) is 5.75 Å². The molecule has 1 aliphatic rings. The Morgan fingerprint density at radius 2 is 1.95 bits per heavy atom. The second-order valence-electron chi connectivity index (χ2n) is 11.0. The normalized spacial score (nSPS) is 16.5. The number of nitrogens with one attached hydrogen (secondary N) is 1. The van der Waals surface area contributed by atoms with Gasteiger partial charge in [-0.3, -0.25) is 0 Å². The lowest BCUT2D eigenvalue weighted by molar-refractivity contribution is -0.145. The summed E-state index contributed by atoms with van der Waals surface area (Å²) < 4.78 is 43.8. The molecule has 0 saturated carbocycles. The maximum absolute atomic E-state index is 13.4. The molecular weight excluding hydrogens is 604 g/mol. The average molecular weight is 641 g/mol. The van der Waals surface area contributed by atoms with Crippen LogP contribution in [0.4, 0.5) is 11.4 Å². The minimum atomic E-state index is -3.59. The number of nitriles is 1. The first-order chi connectivity index (χ1) is 20.9. The largest absolute Gasteiger partial charge is 0.479 e. The van der Waals surface area contributed by atoms with Crippen LogP contribution in [0.15, 0.2) is 48.5 Å². The van der Waals surface area contributed by atoms with E-state index in [4.69, 9.17) is 19.9 Å². The van der Waals surface area contributed by atoms with Crippen LogP contribution in [-0.4, -0.2) is 63.1 Å². The van der Waals surface area contributed by atoms with Gasteiger partial charge in [0.05, 0.1) is 24.3 Å². The number of rotatable bonds is 11. The van der Waals surface area contributed by atoms with E-state index in [9.17, 15) is 23.3 Å². The summed E-state index contributed by atoms with van der Waals surface area (Å²) in [5.41, 5.74) is 7.91. The molecule has 2 aromatic carbocycles. The summed E-state index contributed by atoms with van der Waals surface area (Å²) in [5, 5.41) is 13.5. The molecule has 3 N–H and O–H groups in total. The molecule has 13 heteroatoms. The fraction of sp³-hybridized carbons (Fsp3) is 0.387. The monoisotopic (exact) mass is 640 g/mol. The van der Waals surface area contributed by atoms with Gasteiger partial charge in [-0.25, -0.2) is 18.0 Å². The van der Waals surface area contributed by atoms with Crippen molar-refractivity contribution in [1.82, 2.24) is 4.31 Å². The van der Waals surface area contributed by atoms with E-state index in [-0.39, 0.29) is 34.6 Å². The molecule has 4 rings (SSSR count). The zero-order valence-electron chi connectivity index (χ0n) is 25.1. The van der Waals surface area contributed by atoms with E-state index in [0.29, 0.717) is 41.1 Å². The molecule has 234 valence electrons. The number of hydrogen-bond donors (Lipinski definition) is 2. The molecule has 1 atom stereocenters. The van der Waals surface area contributed by atoms with Crippen LogP contribution in [-0.2, 0) is 30.0 Å². The maximum atomic E-state index is 13.4. The quantitative estimate of drug-likeness (QED) is 0.220. The molecule has 1 aromatic heterocycles. The minimum Gasteiger partial charge on any atom is -0.479 e. The van der Waals surface area contributed by atoms with Crippen molar-refractivity contribution in [2.75, 3.05) is 37.9 Å². The van der Waals surface area contributed by atoms with E-state index in [1.807, 2.05) is 38.1 Å². The number of hydrogen-bond acceptors (Lipinski definition) is 11. The summed E-state index contributed by atoms with van der Waals surface area (Å²) in [6, 6.07) is 16.4. The third-order valence-electron chi connectivity index (χ3n) is 7.22. The molecule has 0 bridgehead atoms. The molecule has 3 aromatic rings. The number of nitrogen functional groups attached to an aromatic ring is 1. The second kappa shape index (κ2) is 13.7. The highest BCUT2D eigenvalue weighted by molar-refractivity contribution is 7.88. The number of esters is 2. The number of nitrogens with two attached hydrogens (primary N) is 1. The zero-order chi connectivity index (χ0) is 32.1. The van der Waals surface area contributed by atoms with Crippen molar-refractivity contribution in [2.45, 2.75) is 50.9 Å². The van der Waals surface area contributed by atoms with Crippen molar-refractivity contribution in [2.24, 2.45) is 0 Å². The summed E-state index contributed by atoms with van der Waals surface area (Å²) in [5.74, 6) is -1.47. The van der Waals surface area contributed by atoms with Crippen molar-refractivity contribution in [3.8, 4) is 22.3 Å². The summed E-state index contributed by atoms with van der Waals surface area (Å²) in [7, 11) is -2.36. The summed E-state index contributed by atoms with van der Waals surface area (Å²) in [4.78, 5) is 25.0. The first-order valence-corrected chi connectivity index (χ1v) is 16.5. The van der Waals surface area contributed by atoms with Crippen LogP contribution >= 0.6 is 11.3 Å². The van der Waals surface area contributed by atoms with E-state index in [2.05, 4.69) is 11.4 Å². The first kappa shape index (κ1) is 32.8. The number of carbonyl (C=O) groups is 2. The van der Waals surface area contributed by atoms with Crippen molar-refractivity contribution < 1.29 is 32.2 Å². The first-order valence-electron chi connectivity index (χ1n) is 14.0. The molecule has 0 spiro atoms. The molecule has 0 amide bonds. The lowest BCUT2D eigenvalue weighted by atomic mass is 9.89. The number of methoxy groups -OCH3 is 1. The fourth-order valence-corrected chi connectivity index (χ4v) is 8.48. The van der Waals surface area contributed by atoms with Crippen molar-refractivity contribution in [1.29, 1.82) is 5.26 Å². The maximum Gasteiger partial charge on any atom is 0.351 e. The Bertz CT molecular complexity index is 1680. The molecule has 44 heavy (non-hydrogen) atoms. The lowest BCUT2D eigenvalue weighted by Gasteiger charge is -2.45. The Morgan fingerprint density at radius 3 is 2.61 bits per heavy atom. The Balaban J connectivity index is 1.53. The fourth-order valence-electron chi connectivity index (χ4n) is 5.40. The molecule has 1 fully saturated rings. The number of ether oxygens (including phenoxy) is 3. The average Bonchev–Trinajstić information content (AvgIpc) is 3.33. The molecule has 0 radical (unpaired) electrons. The van der Waals surface area contributed by atoms with Gasteiger partial charge in [0.1, 0.15) is 11.6 Å². The van der Waals surface area contributed by atoms with Crippen LogP contribution in [0, 0.1) is 11.3 Å². The highest BCUT2D eigenvalue weighted by atomic mass is 32.2. The smallest absolute Gasteiger partial charge is 0.351 e. The van der Waals surface area contributed by atoms with Gasteiger partial charge in [0.15, 0.2) is 17.2 Å². The predicted octanol–water partition coefficient (Wildman–Crippen LogP) is 4.78. The second-order valence-corrected chi connectivity index (χ2v) is 13.9. The predicted molar refractivity (Wildman–Crippen MR) is 169 cm³/mol. The van der Waals surface area contributed by atoms with Crippen LogP contribution in [0.2, 0.25) is 0 Å². The zero-order valence-corrected chi connectivity index (χ0v) is 26.7. The molecule has 1 aliphatic heterocycles. The summed E-state index contributed by atoms with van der Waals surface area (Å²) >= 11 is 1.04. The van der Waals surface area contributed by atoms with Crippen molar-refractivity contribution >= 4 is 44.7 Å². The van der Waals surface area contributed by atoms with Gasteiger partial charge in [0.2, 0.25) is 10.0 Å². The summed E-state index contributed by atoms with van der Waals surface area (Å²) in [6.07, 6.45) is 1.15. The highest BCUT2D eigenvalue weighted by Crippen LogP contribution is 2.43. The number of piperidine rings is 1. The number of sulfonamides is 1. The van der Waals surface area contributed by atoms with E-state index in [1.54, 1.807) is 35.5 Å². The Morgan fingerprint density at radius 1 is 1.20 bits per heavy atom. The van der Waals surface area contributed by atoms with Crippen LogP contribution < -0.4 is 15.8 Å². The van der Waals surface area contributed by atoms with Gasteiger partial charge in [0.25, 0.3) is 0 Å². The SMILES string of the molecule is CCOC(=O)COc1c(C(=O)OC)sc(-c2cccc(NC3CCN(S(=O)(=O)Cc4cccc(N)c4)C(C)(C)C3)c2)c1C#N. The topological polar surface area (TPSA) is 161 Å².